The highest BCUT2D eigenvalue weighted by Crippen LogP contribution is 2.21. The van der Waals surface area contributed by atoms with Gasteiger partial charge in [0.2, 0.25) is 5.91 Å². The molecular formula is C29H38N4O4. The van der Waals surface area contributed by atoms with Gasteiger partial charge in [0.15, 0.2) is 0 Å². The summed E-state index contributed by atoms with van der Waals surface area (Å²) < 4.78 is 14.0. The Kier molecular flexibility index (Phi) is 8.84. The van der Waals surface area contributed by atoms with Crippen LogP contribution in [0.4, 0.5) is 0 Å². The highest BCUT2D eigenvalue weighted by molar-refractivity contribution is 5.73. The van der Waals surface area contributed by atoms with Crippen LogP contribution in [-0.4, -0.2) is 75.4 Å². The lowest BCUT2D eigenvalue weighted by Gasteiger charge is -2.32. The molecule has 0 bridgehead atoms. The molecule has 1 aromatic heterocycles. The van der Waals surface area contributed by atoms with E-state index in [0.717, 1.165) is 23.7 Å². The fraction of sp³-hybridized carbons (Fsp3) is 0.448. The number of amides is 1. The molecule has 8 heteroatoms. The Balaban J connectivity index is 1.34. The standard InChI is InChI=1S/C29H38N4O4/c1-23(2)28-30-13-14-32(28)17-18-36-27-11-9-25(10-12-27)19-31-15-16-33(24(3)34)21-29(35,20-31)22-37-26-7-5-4-6-8-26/h4-14,23,35H,15-22H2,1-3H3. The van der Waals surface area contributed by atoms with Crippen LogP contribution < -0.4 is 9.47 Å². The van der Waals surface area contributed by atoms with E-state index in [1.54, 1.807) is 11.8 Å². The smallest absolute Gasteiger partial charge is 0.219 e. The van der Waals surface area contributed by atoms with Crippen LogP contribution in [0.25, 0.3) is 0 Å². The van der Waals surface area contributed by atoms with E-state index >= 15 is 0 Å². The molecule has 1 aliphatic rings. The minimum Gasteiger partial charge on any atom is -0.492 e. The van der Waals surface area contributed by atoms with Crippen molar-refractivity contribution in [3.8, 4) is 11.5 Å². The minimum atomic E-state index is -1.18. The Bertz CT molecular complexity index is 1130. The number of para-hydroxylation sites is 1. The van der Waals surface area contributed by atoms with Crippen LogP contribution in [0.15, 0.2) is 67.0 Å². The molecule has 1 unspecified atom stereocenters. The van der Waals surface area contributed by atoms with Crippen molar-refractivity contribution in [3.05, 3.63) is 78.4 Å². The number of imidazole rings is 1. The van der Waals surface area contributed by atoms with Crippen LogP contribution in [-0.2, 0) is 17.9 Å². The van der Waals surface area contributed by atoms with Gasteiger partial charge in [0.05, 0.1) is 13.1 Å². The zero-order chi connectivity index (χ0) is 26.3. The summed E-state index contributed by atoms with van der Waals surface area (Å²) in [7, 11) is 0. The first-order valence-corrected chi connectivity index (χ1v) is 12.9. The second-order valence-corrected chi connectivity index (χ2v) is 10.1. The lowest BCUT2D eigenvalue weighted by molar-refractivity contribution is -0.132. The molecule has 1 saturated heterocycles. The van der Waals surface area contributed by atoms with Gasteiger partial charge in [-0.25, -0.2) is 4.98 Å². The van der Waals surface area contributed by atoms with Crippen molar-refractivity contribution in [1.29, 1.82) is 0 Å². The molecule has 2 aromatic carbocycles. The van der Waals surface area contributed by atoms with Gasteiger partial charge in [0.1, 0.15) is 36.1 Å². The number of rotatable bonds is 10. The van der Waals surface area contributed by atoms with Crippen molar-refractivity contribution in [3.63, 3.8) is 0 Å². The number of carbonyl (C=O) groups excluding carboxylic acids is 1. The first-order chi connectivity index (χ1) is 17.8. The normalized spacial score (nSPS) is 18.6. The number of aliphatic hydroxyl groups is 1. The van der Waals surface area contributed by atoms with Gasteiger partial charge < -0.3 is 24.0 Å². The molecule has 1 aliphatic heterocycles. The molecule has 0 radical (unpaired) electrons. The van der Waals surface area contributed by atoms with E-state index < -0.39 is 5.60 Å². The quantitative estimate of drug-likeness (QED) is 0.453. The Hall–Kier alpha value is -3.36. The van der Waals surface area contributed by atoms with E-state index in [1.807, 2.05) is 54.9 Å². The van der Waals surface area contributed by atoms with Gasteiger partial charge in [-0.1, -0.05) is 44.2 Å². The maximum atomic E-state index is 12.2. The van der Waals surface area contributed by atoms with Crippen LogP contribution in [0.5, 0.6) is 11.5 Å². The second kappa shape index (κ2) is 12.3. The molecule has 0 aliphatic carbocycles. The molecule has 0 saturated carbocycles. The third kappa shape index (κ3) is 7.57. The molecular weight excluding hydrogens is 468 g/mol. The number of carbonyl (C=O) groups is 1. The average Bonchev–Trinajstić information content (AvgIpc) is 3.29. The summed E-state index contributed by atoms with van der Waals surface area (Å²) in [5.74, 6) is 2.91. The van der Waals surface area contributed by atoms with Crippen molar-refractivity contribution < 1.29 is 19.4 Å². The molecule has 1 fully saturated rings. The maximum absolute atomic E-state index is 12.2. The van der Waals surface area contributed by atoms with Crippen LogP contribution in [0.3, 0.4) is 0 Å². The number of aromatic nitrogens is 2. The minimum absolute atomic E-state index is 0.0438. The summed E-state index contributed by atoms with van der Waals surface area (Å²) >= 11 is 0. The molecule has 37 heavy (non-hydrogen) atoms. The largest absolute Gasteiger partial charge is 0.492 e. The van der Waals surface area contributed by atoms with E-state index in [-0.39, 0.29) is 19.1 Å². The summed E-state index contributed by atoms with van der Waals surface area (Å²) in [6.07, 6.45) is 3.82. The van der Waals surface area contributed by atoms with Crippen molar-refractivity contribution in [2.24, 2.45) is 0 Å². The third-order valence-corrected chi connectivity index (χ3v) is 6.58. The predicted molar refractivity (Wildman–Crippen MR) is 143 cm³/mol. The number of nitrogens with zero attached hydrogens (tertiary/aromatic N) is 4. The zero-order valence-corrected chi connectivity index (χ0v) is 22.0. The number of hydrogen-bond donors (Lipinski definition) is 1. The summed E-state index contributed by atoms with van der Waals surface area (Å²) in [5.41, 5.74) is -0.0601. The van der Waals surface area contributed by atoms with Crippen LogP contribution in [0.2, 0.25) is 0 Å². The van der Waals surface area contributed by atoms with Gasteiger partial charge in [-0.05, 0) is 29.8 Å². The monoisotopic (exact) mass is 506 g/mol. The fourth-order valence-electron chi connectivity index (χ4n) is 4.69. The van der Waals surface area contributed by atoms with Crippen molar-refractivity contribution >= 4 is 5.91 Å². The Morgan fingerprint density at radius 2 is 1.76 bits per heavy atom. The van der Waals surface area contributed by atoms with Gasteiger partial charge in [0.25, 0.3) is 0 Å². The van der Waals surface area contributed by atoms with E-state index in [2.05, 4.69) is 40.4 Å². The SMILES string of the molecule is CC(=O)N1CCN(Cc2ccc(OCCn3ccnc3C(C)C)cc2)CC(O)(COc2ccccc2)C1. The maximum Gasteiger partial charge on any atom is 0.219 e. The second-order valence-electron chi connectivity index (χ2n) is 10.1. The number of ether oxygens (including phenoxy) is 2. The molecule has 3 aromatic rings. The molecule has 1 N–H and O–H groups in total. The Morgan fingerprint density at radius 1 is 1.03 bits per heavy atom. The van der Waals surface area contributed by atoms with Crippen LogP contribution in [0, 0.1) is 0 Å². The van der Waals surface area contributed by atoms with Gasteiger partial charge >= 0.3 is 0 Å². The van der Waals surface area contributed by atoms with Gasteiger partial charge in [0, 0.05) is 51.4 Å². The molecule has 0 spiro atoms. The Morgan fingerprint density at radius 3 is 2.46 bits per heavy atom. The molecule has 4 rings (SSSR count). The first kappa shape index (κ1) is 26.7. The Labute approximate surface area is 219 Å². The van der Waals surface area contributed by atoms with Gasteiger partial charge in [-0.2, -0.15) is 0 Å². The van der Waals surface area contributed by atoms with E-state index in [0.29, 0.717) is 44.5 Å². The summed E-state index contributed by atoms with van der Waals surface area (Å²) in [5, 5.41) is 11.5. The van der Waals surface area contributed by atoms with E-state index in [4.69, 9.17) is 9.47 Å². The molecule has 1 amide bonds. The highest BCUT2D eigenvalue weighted by Gasteiger charge is 2.36. The highest BCUT2D eigenvalue weighted by atomic mass is 16.5. The van der Waals surface area contributed by atoms with Gasteiger partial charge in [-0.15, -0.1) is 0 Å². The van der Waals surface area contributed by atoms with Crippen LogP contribution in [0.1, 0.15) is 38.1 Å². The number of β-amino-alcohol motifs (C(OH)–C–C–N with tert-alkyl or cyclic N) is 1. The lowest BCUT2D eigenvalue weighted by Crippen LogP contribution is -2.51. The predicted octanol–water partition coefficient (Wildman–Crippen LogP) is 3.56. The average molecular weight is 507 g/mol. The van der Waals surface area contributed by atoms with Crippen molar-refractivity contribution in [2.45, 2.75) is 45.4 Å². The lowest BCUT2D eigenvalue weighted by atomic mass is 10.0. The molecule has 1 atom stereocenters. The summed E-state index contributed by atoms with van der Waals surface area (Å²) in [4.78, 5) is 20.5. The topological polar surface area (TPSA) is 80.1 Å². The number of hydrogen-bond acceptors (Lipinski definition) is 6. The van der Waals surface area contributed by atoms with Crippen molar-refractivity contribution in [1.82, 2.24) is 19.4 Å². The zero-order valence-electron chi connectivity index (χ0n) is 22.0. The molecule has 8 nitrogen and oxygen atoms in total. The number of benzene rings is 2. The van der Waals surface area contributed by atoms with Crippen LogP contribution >= 0.6 is 0 Å². The summed E-state index contributed by atoms with van der Waals surface area (Å²) in [6.45, 7) is 9.80. The molecule has 198 valence electrons. The van der Waals surface area contributed by atoms with Gasteiger partial charge in [-0.3, -0.25) is 9.69 Å². The van der Waals surface area contributed by atoms with E-state index in [9.17, 15) is 9.90 Å². The fourth-order valence-corrected chi connectivity index (χ4v) is 4.69. The first-order valence-electron chi connectivity index (χ1n) is 12.9. The molecule has 2 heterocycles. The van der Waals surface area contributed by atoms with E-state index in [1.165, 1.54) is 0 Å². The summed E-state index contributed by atoms with van der Waals surface area (Å²) in [6, 6.07) is 17.5. The van der Waals surface area contributed by atoms with Crippen molar-refractivity contribution in [2.75, 3.05) is 39.4 Å². The third-order valence-electron chi connectivity index (χ3n) is 6.58.